The summed E-state index contributed by atoms with van der Waals surface area (Å²) in [5, 5.41) is 11.4. The highest BCUT2D eigenvalue weighted by Gasteiger charge is 2.41. The van der Waals surface area contributed by atoms with E-state index in [0.29, 0.717) is 10.0 Å². The highest BCUT2D eigenvalue weighted by Crippen LogP contribution is 2.44. The van der Waals surface area contributed by atoms with Crippen molar-refractivity contribution in [2.45, 2.75) is 43.6 Å². The zero-order valence-electron chi connectivity index (χ0n) is 12.4. The summed E-state index contributed by atoms with van der Waals surface area (Å²) in [6.07, 6.45) is 3.58. The highest BCUT2D eigenvalue weighted by molar-refractivity contribution is 6.42. The van der Waals surface area contributed by atoms with Gasteiger partial charge in [0.05, 0.1) is 15.6 Å². The van der Waals surface area contributed by atoms with Gasteiger partial charge >= 0.3 is 0 Å². The normalized spacial score (nSPS) is 30.8. The van der Waals surface area contributed by atoms with Gasteiger partial charge in [0.15, 0.2) is 0 Å². The molecule has 20 heavy (non-hydrogen) atoms. The molecule has 1 saturated carbocycles. The molecule has 4 heteroatoms. The fourth-order valence-electron chi connectivity index (χ4n) is 3.24. The van der Waals surface area contributed by atoms with Crippen LogP contribution in [0.4, 0.5) is 0 Å². The lowest BCUT2D eigenvalue weighted by atomic mass is 9.65. The molecule has 1 aromatic rings. The van der Waals surface area contributed by atoms with Crippen molar-refractivity contribution in [3.8, 4) is 0 Å². The molecule has 0 spiro atoms. The first-order chi connectivity index (χ1) is 9.24. The summed E-state index contributed by atoms with van der Waals surface area (Å²) in [5.41, 5.74) is 0.752. The molecule has 2 rings (SSSR count). The molecular weight excluding hydrogens is 293 g/mol. The minimum absolute atomic E-state index is 0.0555. The van der Waals surface area contributed by atoms with Crippen LogP contribution in [0, 0.1) is 0 Å². The second-order valence-electron chi connectivity index (χ2n) is 6.64. The number of hydrogen-bond acceptors (Lipinski definition) is 2. The molecule has 1 fully saturated rings. The predicted octanol–water partition coefficient (Wildman–Crippen LogP) is 4.12. The maximum Gasteiger partial charge on any atom is 0.0620 e. The molecular formula is C16H23Cl2NO. The van der Waals surface area contributed by atoms with Gasteiger partial charge in [-0.25, -0.2) is 0 Å². The Labute approximate surface area is 131 Å². The van der Waals surface area contributed by atoms with Gasteiger partial charge in [0.2, 0.25) is 0 Å². The smallest absolute Gasteiger partial charge is 0.0620 e. The average Bonchev–Trinajstić information content (AvgIpc) is 2.35. The van der Waals surface area contributed by atoms with Crippen LogP contribution in [0.5, 0.6) is 0 Å². The lowest BCUT2D eigenvalue weighted by Crippen LogP contribution is -2.45. The third kappa shape index (κ3) is 3.48. The predicted molar refractivity (Wildman–Crippen MR) is 85.8 cm³/mol. The molecule has 0 aromatic heterocycles. The van der Waals surface area contributed by atoms with Crippen LogP contribution in [0.25, 0.3) is 0 Å². The highest BCUT2D eigenvalue weighted by atomic mass is 35.5. The molecule has 112 valence electrons. The summed E-state index contributed by atoms with van der Waals surface area (Å²) in [5.74, 6) is 0. The van der Waals surface area contributed by atoms with Gasteiger partial charge in [-0.15, -0.1) is 0 Å². The van der Waals surface area contributed by atoms with Gasteiger partial charge in [0.25, 0.3) is 0 Å². The van der Waals surface area contributed by atoms with E-state index in [9.17, 15) is 5.11 Å². The number of benzene rings is 1. The lowest BCUT2D eigenvalue weighted by Gasteiger charge is -2.44. The second kappa shape index (κ2) is 5.84. The first-order valence-corrected chi connectivity index (χ1v) is 7.82. The zero-order valence-corrected chi connectivity index (χ0v) is 13.9. The number of hydrogen-bond donors (Lipinski definition) is 1. The summed E-state index contributed by atoms with van der Waals surface area (Å²) < 4.78 is 0. The van der Waals surface area contributed by atoms with Gasteiger partial charge < -0.3 is 10.0 Å². The topological polar surface area (TPSA) is 23.5 Å². The monoisotopic (exact) mass is 315 g/mol. The Morgan fingerprint density at radius 3 is 2.20 bits per heavy atom. The van der Waals surface area contributed by atoms with Crippen LogP contribution in [0.1, 0.15) is 38.2 Å². The summed E-state index contributed by atoms with van der Waals surface area (Å²) in [7, 11) is 4.18. The van der Waals surface area contributed by atoms with Crippen LogP contribution < -0.4 is 0 Å². The third-order valence-corrected chi connectivity index (χ3v) is 5.17. The molecule has 0 saturated heterocycles. The van der Waals surface area contributed by atoms with Gasteiger partial charge in [-0.1, -0.05) is 29.3 Å². The summed E-state index contributed by atoms with van der Waals surface area (Å²) in [6.45, 7) is 2.89. The molecule has 0 unspecified atom stereocenters. The van der Waals surface area contributed by atoms with Crippen LogP contribution in [0.2, 0.25) is 10.0 Å². The van der Waals surface area contributed by atoms with Gasteiger partial charge in [-0.05, 0) is 64.4 Å². The van der Waals surface area contributed by atoms with E-state index in [2.05, 4.69) is 25.1 Å². The Bertz CT molecular complexity index is 475. The summed E-state index contributed by atoms with van der Waals surface area (Å²) in [4.78, 5) is 2.21. The van der Waals surface area contributed by atoms with Crippen LogP contribution in [-0.2, 0) is 5.41 Å². The number of halogens is 2. The molecule has 1 N–H and O–H groups in total. The molecule has 0 amide bonds. The van der Waals surface area contributed by atoms with E-state index in [1.807, 2.05) is 19.1 Å². The fourth-order valence-corrected chi connectivity index (χ4v) is 3.53. The molecule has 0 aliphatic heterocycles. The summed E-state index contributed by atoms with van der Waals surface area (Å²) >= 11 is 12.2. The number of likely N-dealkylation sites (N-methyl/N-ethyl adjacent to an activating group) is 1. The van der Waals surface area contributed by atoms with Crippen molar-refractivity contribution in [3.63, 3.8) is 0 Å². The minimum Gasteiger partial charge on any atom is -0.390 e. The number of nitrogens with zero attached hydrogens (tertiary/aromatic N) is 1. The van der Waals surface area contributed by atoms with Crippen molar-refractivity contribution < 1.29 is 5.11 Å². The van der Waals surface area contributed by atoms with E-state index in [-0.39, 0.29) is 5.41 Å². The molecule has 0 radical (unpaired) electrons. The first-order valence-electron chi connectivity index (χ1n) is 7.07. The maximum atomic E-state index is 10.2. The van der Waals surface area contributed by atoms with E-state index in [4.69, 9.17) is 23.2 Å². The van der Waals surface area contributed by atoms with Crippen molar-refractivity contribution in [1.82, 2.24) is 4.90 Å². The largest absolute Gasteiger partial charge is 0.390 e. The van der Waals surface area contributed by atoms with E-state index in [0.717, 1.165) is 32.2 Å². The molecule has 0 bridgehead atoms. The van der Waals surface area contributed by atoms with Crippen LogP contribution >= 0.6 is 23.2 Å². The minimum atomic E-state index is -0.536. The Morgan fingerprint density at radius 1 is 1.10 bits per heavy atom. The van der Waals surface area contributed by atoms with E-state index >= 15 is 0 Å². The Morgan fingerprint density at radius 2 is 1.70 bits per heavy atom. The standard InChI is InChI=1S/C16H23Cl2NO/c1-15(20)6-8-16(9-7-15,11-19(2)3)12-4-5-13(17)14(18)10-12/h4-5,10,20H,6-9,11H2,1-3H3. The van der Waals surface area contributed by atoms with Gasteiger partial charge in [-0.3, -0.25) is 0 Å². The Balaban J connectivity index is 2.34. The van der Waals surface area contributed by atoms with Gasteiger partial charge in [0.1, 0.15) is 0 Å². The Kier molecular flexibility index (Phi) is 4.70. The number of rotatable bonds is 3. The van der Waals surface area contributed by atoms with Crippen LogP contribution in [-0.4, -0.2) is 36.2 Å². The zero-order chi connectivity index (χ0) is 15.0. The number of aliphatic hydroxyl groups is 1. The van der Waals surface area contributed by atoms with Crippen molar-refractivity contribution in [2.24, 2.45) is 0 Å². The van der Waals surface area contributed by atoms with Crippen molar-refractivity contribution >= 4 is 23.2 Å². The Hall–Kier alpha value is -0.280. The molecule has 1 aliphatic rings. The molecule has 0 heterocycles. The van der Waals surface area contributed by atoms with E-state index in [1.54, 1.807) is 0 Å². The first kappa shape index (κ1) is 16.1. The van der Waals surface area contributed by atoms with Crippen molar-refractivity contribution in [3.05, 3.63) is 33.8 Å². The van der Waals surface area contributed by atoms with E-state index < -0.39 is 5.60 Å². The third-order valence-electron chi connectivity index (χ3n) is 4.44. The fraction of sp³-hybridized carbons (Fsp3) is 0.625. The molecule has 0 atom stereocenters. The van der Waals surface area contributed by atoms with Gasteiger partial charge in [-0.2, -0.15) is 0 Å². The average molecular weight is 316 g/mol. The molecule has 1 aliphatic carbocycles. The summed E-state index contributed by atoms with van der Waals surface area (Å²) in [6, 6.07) is 5.95. The van der Waals surface area contributed by atoms with Crippen LogP contribution in [0.15, 0.2) is 18.2 Å². The second-order valence-corrected chi connectivity index (χ2v) is 7.46. The quantitative estimate of drug-likeness (QED) is 0.907. The van der Waals surface area contributed by atoms with E-state index in [1.165, 1.54) is 5.56 Å². The molecule has 1 aromatic carbocycles. The van der Waals surface area contributed by atoms with Crippen molar-refractivity contribution in [1.29, 1.82) is 0 Å². The van der Waals surface area contributed by atoms with Crippen molar-refractivity contribution in [2.75, 3.05) is 20.6 Å². The van der Waals surface area contributed by atoms with Crippen LogP contribution in [0.3, 0.4) is 0 Å². The maximum absolute atomic E-state index is 10.2. The van der Waals surface area contributed by atoms with Gasteiger partial charge in [0, 0.05) is 12.0 Å². The SMILES string of the molecule is CN(C)CC1(c2ccc(Cl)c(Cl)c2)CCC(C)(O)CC1. The lowest BCUT2D eigenvalue weighted by molar-refractivity contribution is -0.00436. The molecule has 2 nitrogen and oxygen atoms in total.